The van der Waals surface area contributed by atoms with Gasteiger partial charge in [0.25, 0.3) is 0 Å². The zero-order valence-corrected chi connectivity index (χ0v) is 60.9. The van der Waals surface area contributed by atoms with Gasteiger partial charge in [0.15, 0.2) is 5.65 Å². The first-order valence-corrected chi connectivity index (χ1v) is 38.4. The van der Waals surface area contributed by atoms with Crippen LogP contribution in [0.3, 0.4) is 0 Å². The van der Waals surface area contributed by atoms with E-state index >= 15 is 0 Å². The molecule has 36 nitrogen and oxygen atoms in total. The molecule has 102 heavy (non-hydrogen) atoms. The van der Waals surface area contributed by atoms with Crippen LogP contribution in [0.2, 0.25) is 0 Å². The molecule has 8 amide bonds. The van der Waals surface area contributed by atoms with Crippen molar-refractivity contribution in [1.82, 2.24) is 61.6 Å². The van der Waals surface area contributed by atoms with E-state index in [0.717, 1.165) is 7.11 Å². The molecule has 38 heteroatoms. The molecule has 7 atom stereocenters. The second-order valence-electron chi connectivity index (χ2n) is 25.2. The van der Waals surface area contributed by atoms with Crippen molar-refractivity contribution in [2.24, 2.45) is 0 Å². The number of carbonyl (C=O) groups is 8. The maximum atomic E-state index is 13.9. The van der Waals surface area contributed by atoms with Crippen LogP contribution in [0.1, 0.15) is 172 Å². The van der Waals surface area contributed by atoms with Gasteiger partial charge < -0.3 is 91.3 Å². The van der Waals surface area contributed by atoms with Crippen molar-refractivity contribution in [3.8, 4) is 0 Å². The van der Waals surface area contributed by atoms with Crippen molar-refractivity contribution in [3.63, 3.8) is 0 Å². The highest BCUT2D eigenvalue weighted by atomic mass is 31.2. The minimum atomic E-state index is -4.93. The lowest BCUT2D eigenvalue weighted by Crippen LogP contribution is -2.58. The fourth-order valence-corrected chi connectivity index (χ4v) is 12.4. The van der Waals surface area contributed by atoms with E-state index in [1.165, 1.54) is 17.6 Å². The number of unbranched alkanes of at least 4 members (excludes halogenated alkanes) is 8. The maximum absolute atomic E-state index is 13.9. The Balaban J connectivity index is 1.31. The number of aliphatic hydroxyl groups is 4. The van der Waals surface area contributed by atoms with Gasteiger partial charge in [-0.3, -0.25) is 61.0 Å². The lowest BCUT2D eigenvalue weighted by molar-refractivity contribution is -0.133. The molecular weight excluding hydrogens is 1380 g/mol. The van der Waals surface area contributed by atoms with Gasteiger partial charge in [-0.25, -0.2) is 24.1 Å². The Morgan fingerprint density at radius 2 is 0.980 bits per heavy atom. The van der Waals surface area contributed by atoms with Gasteiger partial charge in [-0.15, -0.1) is 0 Å². The number of rotatable bonds is 59. The number of β-amino-alcohol motifs (C(OH)–C–C–N with tert-alkyl or cyclic N) is 1. The number of phosphoric ester groups is 2. The predicted molar refractivity (Wildman–Crippen MR) is 367 cm³/mol. The maximum Gasteiger partial charge on any atom is 0.472 e. The summed E-state index contributed by atoms with van der Waals surface area (Å²) in [6.07, 6.45) is 7.72. The molecule has 2 aliphatic heterocycles. The van der Waals surface area contributed by atoms with Crippen LogP contribution in [-0.4, -0.2) is 257 Å². The van der Waals surface area contributed by atoms with Crippen molar-refractivity contribution in [1.29, 1.82) is 0 Å². The molecule has 582 valence electrons. The minimum absolute atomic E-state index is 0.00414. The summed E-state index contributed by atoms with van der Waals surface area (Å²) < 4.78 is 72.2. The number of carbonyl (C=O) groups excluding carboxylic acids is 8. The molecule has 0 radical (unpaired) electrons. The standard InChI is InChI=1S/C64H112N12O24P2/c1-48-62-63(72-46-71-48)76(47-73-62)61-39-51(52(99-61)42-98-101(89,90)93-2)100-102(91,92)97-41-49-38-50(80)40-75(49)60(88)22-8-6-4-3-5-7-21-59(87)74-64(43-94-35-23-56(84)68-29-15-26-65-53(81)18-9-12-32-77,44-95-36-24-57(85)69-30-16-27-66-54(82)19-10-13-33-78)45-96-37-25-58(86)70-31-17-28-67-55(83)20-11-14-34-79/h46-47,49-52,61,77-80H,3-45H2,1-2H3,(H,65,81)(H,66,82)(H,67,83)(H,68,84)(H,69,85)(H,70,86)(H,74,87)(H,89,90)(H,91,92)/t49-,50+,51-,52+,61+/m0/s1. The van der Waals surface area contributed by atoms with Gasteiger partial charge >= 0.3 is 15.6 Å². The summed E-state index contributed by atoms with van der Waals surface area (Å²) in [5.41, 5.74) is 0.0847. The molecule has 4 rings (SSSR count). The molecule has 13 N–H and O–H groups in total. The largest absolute Gasteiger partial charge is 0.472 e. The van der Waals surface area contributed by atoms with Crippen LogP contribution in [0.4, 0.5) is 0 Å². The van der Waals surface area contributed by atoms with Crippen molar-refractivity contribution in [3.05, 3.63) is 18.3 Å². The summed E-state index contributed by atoms with van der Waals surface area (Å²) >= 11 is 0. The highest BCUT2D eigenvalue weighted by Gasteiger charge is 2.45. The Bertz CT molecular complexity index is 2800. The Morgan fingerprint density at radius 1 is 0.549 bits per heavy atom. The first-order chi connectivity index (χ1) is 49.0. The molecule has 0 bridgehead atoms. The van der Waals surface area contributed by atoms with E-state index in [9.17, 15) is 62.4 Å². The van der Waals surface area contributed by atoms with Gasteiger partial charge in [0.05, 0.1) is 77.0 Å². The summed E-state index contributed by atoms with van der Waals surface area (Å²) in [4.78, 5) is 137. The molecule has 4 heterocycles. The number of amides is 8. The number of phosphoric acid groups is 2. The number of nitrogens with zero attached hydrogens (tertiary/aromatic N) is 5. The first-order valence-electron chi connectivity index (χ1n) is 35.4. The van der Waals surface area contributed by atoms with E-state index < -0.39 is 65.0 Å². The number of fused-ring (bicyclic) bond motifs is 1. The van der Waals surface area contributed by atoms with Crippen LogP contribution < -0.4 is 37.2 Å². The number of aliphatic hydroxyl groups excluding tert-OH is 4. The number of nitrogens with one attached hydrogen (secondary N) is 7. The topological polar surface area (TPSA) is 497 Å². The molecule has 0 spiro atoms. The van der Waals surface area contributed by atoms with Crippen LogP contribution in [0, 0.1) is 6.92 Å². The third-order valence-electron chi connectivity index (χ3n) is 16.5. The van der Waals surface area contributed by atoms with E-state index in [0.29, 0.717) is 133 Å². The molecule has 0 aromatic carbocycles. The third kappa shape index (κ3) is 37.3. The average molecular weight is 1500 g/mol. The number of aromatic nitrogens is 4. The van der Waals surface area contributed by atoms with Gasteiger partial charge in [0.1, 0.15) is 35.8 Å². The molecule has 2 aromatic rings. The van der Waals surface area contributed by atoms with Crippen molar-refractivity contribution in [2.45, 2.75) is 204 Å². The van der Waals surface area contributed by atoms with Crippen molar-refractivity contribution >= 4 is 74.1 Å². The third-order valence-corrected chi connectivity index (χ3v) is 18.5. The van der Waals surface area contributed by atoms with E-state index in [4.69, 9.17) is 47.8 Å². The summed E-state index contributed by atoms with van der Waals surface area (Å²) in [6.45, 7) is 1.67. The highest BCUT2D eigenvalue weighted by molar-refractivity contribution is 7.47. The normalized spacial score (nSPS) is 18.0. The molecule has 2 aliphatic rings. The van der Waals surface area contributed by atoms with E-state index in [1.807, 2.05) is 0 Å². The summed E-state index contributed by atoms with van der Waals surface area (Å²) in [5, 5.41) is 57.3. The Labute approximate surface area is 595 Å². The van der Waals surface area contributed by atoms with Crippen LogP contribution in [0.15, 0.2) is 12.7 Å². The predicted octanol–water partition coefficient (Wildman–Crippen LogP) is 1.20. The molecule has 0 aliphatic carbocycles. The number of imidazole rings is 1. The van der Waals surface area contributed by atoms with Gasteiger partial charge in [-0.1, -0.05) is 25.7 Å². The molecular formula is C64H112N12O24P2. The monoisotopic (exact) mass is 1490 g/mol. The minimum Gasteiger partial charge on any atom is -0.396 e. The van der Waals surface area contributed by atoms with Crippen LogP contribution in [0.25, 0.3) is 11.2 Å². The lowest BCUT2D eigenvalue weighted by Gasteiger charge is -2.34. The molecule has 2 unspecified atom stereocenters. The number of hydrogen-bond donors (Lipinski definition) is 13. The van der Waals surface area contributed by atoms with E-state index in [2.05, 4.69) is 56.7 Å². The zero-order valence-electron chi connectivity index (χ0n) is 59.1. The van der Waals surface area contributed by atoms with Crippen LogP contribution in [-0.2, 0) is 84.5 Å². The van der Waals surface area contributed by atoms with Gasteiger partial charge in [-0.2, -0.15) is 0 Å². The second-order valence-corrected chi connectivity index (χ2v) is 28.1. The highest BCUT2D eigenvalue weighted by Crippen LogP contribution is 2.50. The van der Waals surface area contributed by atoms with Crippen LogP contribution >= 0.6 is 15.6 Å². The zero-order chi connectivity index (χ0) is 74.4. The smallest absolute Gasteiger partial charge is 0.396 e. The fourth-order valence-electron chi connectivity index (χ4n) is 10.9. The Hall–Kier alpha value is -5.79. The summed E-state index contributed by atoms with van der Waals surface area (Å²) in [6, 6.07) is -0.779. The molecule has 2 saturated heterocycles. The Kier molecular flexibility index (Phi) is 44.0. The van der Waals surface area contributed by atoms with E-state index in [-0.39, 0.29) is 197 Å². The average Bonchev–Trinajstić information content (AvgIpc) is 1.63. The summed E-state index contributed by atoms with van der Waals surface area (Å²) in [7, 11) is -8.47. The first kappa shape index (κ1) is 88.6. The SMILES string of the molecule is COP(=O)(O)OC[C@H]1O[C@@H](n2cnc3c(C)ncnc32)C[C@@H]1OP(=O)(O)OC[C@@H]1C[C@@H](O)CN1C(=O)CCCCCCCCC(=O)NC(COCCC(=O)NCCCNC(=O)CCCCO)(COCCC(=O)NCCCNC(=O)CCCCO)COCCC(=O)NCCCNC(=O)CCCCO. The molecule has 0 saturated carbocycles. The molecule has 2 fully saturated rings. The quantitative estimate of drug-likeness (QED) is 0.0327. The molecule has 2 aromatic heterocycles. The van der Waals surface area contributed by atoms with E-state index in [1.54, 1.807) is 11.5 Å². The van der Waals surface area contributed by atoms with Crippen LogP contribution in [0.5, 0.6) is 0 Å². The van der Waals surface area contributed by atoms with Crippen molar-refractivity contribution in [2.75, 3.05) is 126 Å². The fraction of sp³-hybridized carbons (Fsp3) is 0.797. The van der Waals surface area contributed by atoms with Crippen molar-refractivity contribution < 1.29 is 115 Å². The second kappa shape index (κ2) is 50.6. The Morgan fingerprint density at radius 3 is 1.45 bits per heavy atom. The van der Waals surface area contributed by atoms with Gasteiger partial charge in [0, 0.05) is 131 Å². The number of hydrogen-bond acceptors (Lipinski definition) is 25. The lowest BCUT2D eigenvalue weighted by atomic mass is 10.0. The number of ether oxygens (including phenoxy) is 4. The number of aryl methyl sites for hydroxylation is 1. The van der Waals surface area contributed by atoms with Gasteiger partial charge in [0.2, 0.25) is 47.3 Å². The number of likely N-dealkylation sites (tertiary alicyclic amines) is 1. The van der Waals surface area contributed by atoms with Gasteiger partial charge in [-0.05, 0) is 84.0 Å². The summed E-state index contributed by atoms with van der Waals surface area (Å²) in [5.74, 6) is -2.10.